The molecule has 1 saturated heterocycles. The number of fused-ring (bicyclic) bond motifs is 1. The number of hydrogen-bond donors (Lipinski definition) is 1. The van der Waals surface area contributed by atoms with Crippen molar-refractivity contribution in [3.8, 4) is 5.82 Å². The molecule has 1 aliphatic heterocycles. The fraction of sp³-hybridized carbons (Fsp3) is 0.450. The summed E-state index contributed by atoms with van der Waals surface area (Å²) in [5.74, 6) is 0.953. The zero-order valence-electron chi connectivity index (χ0n) is 16.4. The fourth-order valence-electron chi connectivity index (χ4n) is 3.88. The average molecular weight is 383 g/mol. The van der Waals surface area contributed by atoms with Crippen LogP contribution in [0.25, 0.3) is 16.8 Å². The van der Waals surface area contributed by atoms with E-state index in [1.807, 2.05) is 18.2 Å². The first-order valence-electron chi connectivity index (χ1n) is 9.55. The van der Waals surface area contributed by atoms with Gasteiger partial charge in [0.15, 0.2) is 11.4 Å². The molecule has 8 heteroatoms. The predicted octanol–water partition coefficient (Wildman–Crippen LogP) is 1.44. The van der Waals surface area contributed by atoms with Crippen molar-refractivity contribution in [2.24, 2.45) is 5.92 Å². The van der Waals surface area contributed by atoms with Crippen LogP contribution >= 0.6 is 0 Å². The first-order chi connectivity index (χ1) is 13.4. The lowest BCUT2D eigenvalue weighted by Crippen LogP contribution is -2.53. The lowest BCUT2D eigenvalue weighted by atomic mass is 9.99. The molecule has 0 bridgehead atoms. The summed E-state index contributed by atoms with van der Waals surface area (Å²) in [4.78, 5) is 30.6. The molecule has 3 heterocycles. The highest BCUT2D eigenvalue weighted by Gasteiger charge is 2.27. The Hall–Kier alpha value is -2.71. The van der Waals surface area contributed by atoms with Gasteiger partial charge in [-0.25, -0.2) is 9.36 Å². The zero-order valence-corrected chi connectivity index (χ0v) is 16.4. The predicted molar refractivity (Wildman–Crippen MR) is 107 cm³/mol. The summed E-state index contributed by atoms with van der Waals surface area (Å²) in [7, 11) is 2.17. The van der Waals surface area contributed by atoms with Gasteiger partial charge < -0.3 is 9.42 Å². The van der Waals surface area contributed by atoms with Crippen LogP contribution in [0.1, 0.15) is 19.4 Å². The number of aromatic nitrogens is 3. The number of hydrogen-bond acceptors (Lipinski definition) is 6. The summed E-state index contributed by atoms with van der Waals surface area (Å²) in [5.41, 5.74) is 0.775. The first kappa shape index (κ1) is 18.6. The maximum atomic E-state index is 12.1. The van der Waals surface area contributed by atoms with Crippen molar-refractivity contribution < 1.29 is 4.52 Å². The van der Waals surface area contributed by atoms with E-state index in [1.165, 1.54) is 16.8 Å². The molecule has 0 spiro atoms. The molecule has 1 N–H and O–H groups in total. The molecule has 8 nitrogen and oxygen atoms in total. The normalized spacial score (nSPS) is 18.9. The number of likely N-dealkylation sites (N-methyl/N-ethyl adjacent to an activating group) is 1. The van der Waals surface area contributed by atoms with Gasteiger partial charge in [0, 0.05) is 44.5 Å². The molecule has 0 radical (unpaired) electrons. The van der Waals surface area contributed by atoms with Gasteiger partial charge in [-0.1, -0.05) is 25.1 Å². The second-order valence-corrected chi connectivity index (χ2v) is 7.86. The number of aromatic amines is 1. The molecule has 1 atom stereocenters. The minimum atomic E-state index is -0.535. The Morgan fingerprint density at radius 3 is 2.82 bits per heavy atom. The lowest BCUT2D eigenvalue weighted by Gasteiger charge is -2.42. The van der Waals surface area contributed by atoms with Crippen LogP contribution in [-0.2, 0) is 6.54 Å². The van der Waals surface area contributed by atoms with Crippen molar-refractivity contribution in [3.05, 3.63) is 56.9 Å². The molecule has 0 saturated carbocycles. The minimum Gasteiger partial charge on any atom is -0.354 e. The Bertz CT molecular complexity index is 1100. The van der Waals surface area contributed by atoms with Crippen LogP contribution in [0, 0.1) is 5.92 Å². The highest BCUT2D eigenvalue weighted by molar-refractivity contribution is 5.84. The van der Waals surface area contributed by atoms with E-state index in [4.69, 9.17) is 4.52 Å². The Balaban J connectivity index is 1.68. The zero-order chi connectivity index (χ0) is 19.8. The molecule has 2 aromatic heterocycles. The molecule has 1 aliphatic rings. The van der Waals surface area contributed by atoms with Gasteiger partial charge in [0.05, 0.1) is 5.39 Å². The number of rotatable bonds is 4. The van der Waals surface area contributed by atoms with E-state index in [-0.39, 0.29) is 0 Å². The van der Waals surface area contributed by atoms with Crippen molar-refractivity contribution in [2.75, 3.05) is 26.7 Å². The summed E-state index contributed by atoms with van der Waals surface area (Å²) in [6, 6.07) is 7.75. The molecular weight excluding hydrogens is 358 g/mol. The number of nitrogens with zero attached hydrogens (tertiary/aromatic N) is 4. The van der Waals surface area contributed by atoms with E-state index >= 15 is 0 Å². The van der Waals surface area contributed by atoms with E-state index in [9.17, 15) is 9.59 Å². The van der Waals surface area contributed by atoms with Crippen LogP contribution in [0.15, 0.2) is 44.6 Å². The van der Waals surface area contributed by atoms with Crippen molar-refractivity contribution >= 4 is 11.0 Å². The van der Waals surface area contributed by atoms with Crippen LogP contribution in [-0.4, -0.2) is 57.2 Å². The van der Waals surface area contributed by atoms with Crippen LogP contribution < -0.4 is 11.2 Å². The third kappa shape index (κ3) is 3.53. The fourth-order valence-corrected chi connectivity index (χ4v) is 3.88. The smallest absolute Gasteiger partial charge is 0.334 e. The first-order valence-corrected chi connectivity index (χ1v) is 9.55. The largest absolute Gasteiger partial charge is 0.354 e. The molecule has 1 unspecified atom stereocenters. The van der Waals surface area contributed by atoms with E-state index in [0.717, 1.165) is 37.1 Å². The quantitative estimate of drug-likeness (QED) is 0.734. The van der Waals surface area contributed by atoms with Crippen molar-refractivity contribution in [1.29, 1.82) is 0 Å². The highest BCUT2D eigenvalue weighted by atomic mass is 16.5. The van der Waals surface area contributed by atoms with Gasteiger partial charge in [-0.3, -0.25) is 14.7 Å². The van der Waals surface area contributed by atoms with Crippen LogP contribution in [0.4, 0.5) is 0 Å². The maximum absolute atomic E-state index is 12.1. The van der Waals surface area contributed by atoms with Crippen molar-refractivity contribution in [3.63, 3.8) is 0 Å². The molecule has 1 fully saturated rings. The maximum Gasteiger partial charge on any atom is 0.334 e. The Labute approximate surface area is 162 Å². The summed E-state index contributed by atoms with van der Waals surface area (Å²) < 4.78 is 6.68. The second kappa shape index (κ2) is 7.37. The molecule has 3 aromatic rings. The SMILES string of the molecule is CC(C)C1CN(C)CCN1Cc1ccc2onc(-n3ccc(=O)[nH]c3=O)c2c1. The lowest BCUT2D eigenvalue weighted by molar-refractivity contribution is 0.0571. The van der Waals surface area contributed by atoms with E-state index in [2.05, 4.69) is 40.8 Å². The molecule has 148 valence electrons. The minimum absolute atomic E-state index is 0.386. The Kier molecular flexibility index (Phi) is 4.91. The molecule has 4 rings (SSSR count). The molecule has 0 aliphatic carbocycles. The standard InChI is InChI=1S/C20H25N5O3/c1-13(2)16-12-23(3)8-9-24(16)11-14-4-5-17-15(10-14)19(22-28-17)25-7-6-18(26)21-20(25)27/h4-7,10,13,16H,8-9,11-12H2,1-3H3,(H,21,26,27). The van der Waals surface area contributed by atoms with Gasteiger partial charge in [-0.05, 0) is 30.7 Å². The summed E-state index contributed by atoms with van der Waals surface area (Å²) in [5, 5.41) is 4.79. The van der Waals surface area contributed by atoms with E-state index < -0.39 is 11.2 Å². The number of nitrogens with one attached hydrogen (secondary N) is 1. The highest BCUT2D eigenvalue weighted by Crippen LogP contribution is 2.25. The molecule has 1 aromatic carbocycles. The van der Waals surface area contributed by atoms with Crippen molar-refractivity contribution in [1.82, 2.24) is 24.5 Å². The van der Waals surface area contributed by atoms with Gasteiger partial charge in [0.1, 0.15) is 0 Å². The number of benzene rings is 1. The van der Waals surface area contributed by atoms with Gasteiger partial charge in [-0.15, -0.1) is 0 Å². The van der Waals surface area contributed by atoms with Gasteiger partial charge in [0.2, 0.25) is 0 Å². The Morgan fingerprint density at radius 1 is 1.25 bits per heavy atom. The average Bonchev–Trinajstić information content (AvgIpc) is 3.06. The van der Waals surface area contributed by atoms with Gasteiger partial charge in [-0.2, -0.15) is 0 Å². The van der Waals surface area contributed by atoms with Crippen LogP contribution in [0.2, 0.25) is 0 Å². The van der Waals surface area contributed by atoms with Crippen molar-refractivity contribution in [2.45, 2.75) is 26.4 Å². The second-order valence-electron chi connectivity index (χ2n) is 7.86. The summed E-state index contributed by atoms with van der Waals surface area (Å²) >= 11 is 0. The van der Waals surface area contributed by atoms with E-state index in [0.29, 0.717) is 23.4 Å². The molecule has 0 amide bonds. The van der Waals surface area contributed by atoms with Crippen LogP contribution in [0.3, 0.4) is 0 Å². The van der Waals surface area contributed by atoms with Gasteiger partial charge >= 0.3 is 5.69 Å². The molecular formula is C20H25N5O3. The third-order valence-electron chi connectivity index (χ3n) is 5.46. The van der Waals surface area contributed by atoms with E-state index in [1.54, 1.807) is 0 Å². The molecule has 28 heavy (non-hydrogen) atoms. The van der Waals surface area contributed by atoms with Crippen LogP contribution in [0.5, 0.6) is 0 Å². The number of H-pyrrole nitrogens is 1. The Morgan fingerprint density at radius 2 is 2.07 bits per heavy atom. The topological polar surface area (TPSA) is 87.4 Å². The summed E-state index contributed by atoms with van der Waals surface area (Å²) in [6.07, 6.45) is 1.42. The third-order valence-corrected chi connectivity index (χ3v) is 5.46. The van der Waals surface area contributed by atoms with Gasteiger partial charge in [0.25, 0.3) is 5.56 Å². The number of piperazine rings is 1. The summed E-state index contributed by atoms with van der Waals surface area (Å²) in [6.45, 7) is 8.49. The monoisotopic (exact) mass is 383 g/mol.